The van der Waals surface area contributed by atoms with Gasteiger partial charge in [0.25, 0.3) is 0 Å². The third kappa shape index (κ3) is 6.37. The van der Waals surface area contributed by atoms with Crippen LogP contribution in [-0.4, -0.2) is 37.5 Å². The Hall–Kier alpha value is -1.39. The van der Waals surface area contributed by atoms with Crippen LogP contribution >= 0.6 is 0 Å². The number of hydrogen-bond donors (Lipinski definition) is 1. The van der Waals surface area contributed by atoms with Crippen molar-refractivity contribution in [1.29, 1.82) is 0 Å². The fourth-order valence-corrected chi connectivity index (χ4v) is 1.59. The van der Waals surface area contributed by atoms with Crippen molar-refractivity contribution in [3.05, 3.63) is 35.9 Å². The molecule has 1 rings (SSSR count). The Morgan fingerprint density at radius 3 is 2.72 bits per heavy atom. The normalized spacial score (nSPS) is 12.1. The molecule has 0 aliphatic heterocycles. The summed E-state index contributed by atoms with van der Waals surface area (Å²) in [6, 6.07) is 9.78. The van der Waals surface area contributed by atoms with Gasteiger partial charge in [-0.2, -0.15) is 0 Å². The Labute approximate surface area is 108 Å². The average molecular weight is 252 g/mol. The summed E-state index contributed by atoms with van der Waals surface area (Å²) in [7, 11) is 1.37. The molecule has 1 atom stereocenters. The first-order valence-electron chi connectivity index (χ1n) is 6.09. The number of rotatable bonds is 8. The number of carbonyl (C=O) groups excluding carboxylic acids is 1. The predicted octanol–water partition coefficient (Wildman–Crippen LogP) is 1.56. The largest absolute Gasteiger partial charge is 0.469 e. The van der Waals surface area contributed by atoms with Crippen LogP contribution in [0.1, 0.15) is 18.4 Å². The number of benzene rings is 1. The van der Waals surface area contributed by atoms with Gasteiger partial charge >= 0.3 is 5.97 Å². The minimum Gasteiger partial charge on any atom is -0.469 e. The molecule has 1 N–H and O–H groups in total. The Kier molecular flexibility index (Phi) is 7.06. The van der Waals surface area contributed by atoms with E-state index < -0.39 is 6.10 Å². The van der Waals surface area contributed by atoms with Gasteiger partial charge in [0.05, 0.1) is 19.8 Å². The second-order valence-corrected chi connectivity index (χ2v) is 4.10. The molecule has 0 fully saturated rings. The first-order valence-corrected chi connectivity index (χ1v) is 6.09. The molecule has 1 aromatic rings. The summed E-state index contributed by atoms with van der Waals surface area (Å²) in [4.78, 5) is 10.8. The van der Waals surface area contributed by atoms with Gasteiger partial charge in [0, 0.05) is 19.4 Å². The number of hydrogen-bond acceptors (Lipinski definition) is 4. The molecule has 1 aromatic carbocycles. The van der Waals surface area contributed by atoms with Gasteiger partial charge in [-0.1, -0.05) is 30.3 Å². The van der Waals surface area contributed by atoms with Crippen LogP contribution < -0.4 is 0 Å². The van der Waals surface area contributed by atoms with Gasteiger partial charge in [0.15, 0.2) is 0 Å². The Morgan fingerprint density at radius 2 is 2.06 bits per heavy atom. The monoisotopic (exact) mass is 252 g/mol. The molecule has 0 heterocycles. The smallest absolute Gasteiger partial charge is 0.305 e. The maximum Gasteiger partial charge on any atom is 0.305 e. The molecule has 0 radical (unpaired) electrons. The van der Waals surface area contributed by atoms with Gasteiger partial charge in [-0.3, -0.25) is 4.79 Å². The van der Waals surface area contributed by atoms with E-state index in [0.29, 0.717) is 25.9 Å². The van der Waals surface area contributed by atoms with E-state index in [1.807, 2.05) is 30.3 Å². The molecule has 0 aliphatic carbocycles. The average Bonchev–Trinajstić information content (AvgIpc) is 2.39. The van der Waals surface area contributed by atoms with Gasteiger partial charge < -0.3 is 14.6 Å². The zero-order chi connectivity index (χ0) is 13.2. The number of esters is 1. The molecule has 0 saturated heterocycles. The van der Waals surface area contributed by atoms with E-state index in [9.17, 15) is 9.90 Å². The SMILES string of the molecule is COC(=O)CCCOCC(O)Cc1ccccc1. The number of aliphatic hydroxyl groups excluding tert-OH is 1. The van der Waals surface area contributed by atoms with E-state index >= 15 is 0 Å². The molecular formula is C14H20O4. The van der Waals surface area contributed by atoms with E-state index in [0.717, 1.165) is 5.56 Å². The van der Waals surface area contributed by atoms with Crippen LogP contribution in [0.2, 0.25) is 0 Å². The minimum absolute atomic E-state index is 0.233. The molecule has 0 aromatic heterocycles. The zero-order valence-corrected chi connectivity index (χ0v) is 10.7. The Bertz CT molecular complexity index is 337. The molecule has 4 nitrogen and oxygen atoms in total. The van der Waals surface area contributed by atoms with Gasteiger partial charge in [-0.05, 0) is 12.0 Å². The summed E-state index contributed by atoms with van der Waals surface area (Å²) in [5, 5.41) is 9.74. The summed E-state index contributed by atoms with van der Waals surface area (Å²) >= 11 is 0. The molecule has 1 unspecified atom stereocenters. The highest BCUT2D eigenvalue weighted by atomic mass is 16.5. The third-order valence-electron chi connectivity index (χ3n) is 2.52. The number of aliphatic hydroxyl groups is 1. The van der Waals surface area contributed by atoms with Crippen LogP contribution in [0, 0.1) is 0 Å². The summed E-state index contributed by atoms with van der Waals surface area (Å²) in [6.07, 6.45) is 1.04. The maximum atomic E-state index is 10.8. The first kappa shape index (κ1) is 14.7. The van der Waals surface area contributed by atoms with Crippen LogP contribution in [0.25, 0.3) is 0 Å². The highest BCUT2D eigenvalue weighted by Gasteiger charge is 2.06. The minimum atomic E-state index is -0.509. The maximum absolute atomic E-state index is 10.8. The van der Waals surface area contributed by atoms with Gasteiger partial charge in [-0.15, -0.1) is 0 Å². The molecular weight excluding hydrogens is 232 g/mol. The number of carbonyl (C=O) groups is 1. The van der Waals surface area contributed by atoms with Crippen molar-refractivity contribution in [3.63, 3.8) is 0 Å². The summed E-state index contributed by atoms with van der Waals surface area (Å²) < 4.78 is 9.82. The van der Waals surface area contributed by atoms with Crippen molar-refractivity contribution in [2.75, 3.05) is 20.3 Å². The quantitative estimate of drug-likeness (QED) is 0.563. The predicted molar refractivity (Wildman–Crippen MR) is 68.2 cm³/mol. The number of ether oxygens (including phenoxy) is 2. The second kappa shape index (κ2) is 8.66. The van der Waals surface area contributed by atoms with Crippen molar-refractivity contribution in [3.8, 4) is 0 Å². The Morgan fingerprint density at radius 1 is 1.33 bits per heavy atom. The van der Waals surface area contributed by atoms with E-state index in [4.69, 9.17) is 4.74 Å². The van der Waals surface area contributed by atoms with Crippen LogP contribution in [0.3, 0.4) is 0 Å². The highest BCUT2D eigenvalue weighted by molar-refractivity contribution is 5.68. The standard InChI is InChI=1S/C14H20O4/c1-17-14(16)8-5-9-18-11-13(15)10-12-6-3-2-4-7-12/h2-4,6-7,13,15H,5,8-11H2,1H3. The van der Waals surface area contributed by atoms with Gasteiger partial charge in [0.2, 0.25) is 0 Å². The summed E-state index contributed by atoms with van der Waals surface area (Å²) in [6.45, 7) is 0.747. The number of methoxy groups -OCH3 is 1. The fraction of sp³-hybridized carbons (Fsp3) is 0.500. The molecule has 100 valence electrons. The van der Waals surface area contributed by atoms with Crippen molar-refractivity contribution in [2.45, 2.75) is 25.4 Å². The van der Waals surface area contributed by atoms with Crippen molar-refractivity contribution in [1.82, 2.24) is 0 Å². The Balaban J connectivity index is 2.07. The molecule has 18 heavy (non-hydrogen) atoms. The summed E-state index contributed by atoms with van der Waals surface area (Å²) in [5.41, 5.74) is 1.09. The molecule has 4 heteroatoms. The van der Waals surface area contributed by atoms with Crippen molar-refractivity contribution in [2.24, 2.45) is 0 Å². The van der Waals surface area contributed by atoms with Crippen LogP contribution in [0.5, 0.6) is 0 Å². The lowest BCUT2D eigenvalue weighted by Gasteiger charge is -2.11. The van der Waals surface area contributed by atoms with Crippen LogP contribution in [-0.2, 0) is 20.7 Å². The molecule has 0 amide bonds. The zero-order valence-electron chi connectivity index (χ0n) is 10.7. The third-order valence-corrected chi connectivity index (χ3v) is 2.52. The van der Waals surface area contributed by atoms with Crippen LogP contribution in [0.4, 0.5) is 0 Å². The lowest BCUT2D eigenvalue weighted by molar-refractivity contribution is -0.141. The second-order valence-electron chi connectivity index (χ2n) is 4.10. The van der Waals surface area contributed by atoms with E-state index in [2.05, 4.69) is 4.74 Å². The fourth-order valence-electron chi connectivity index (χ4n) is 1.59. The van der Waals surface area contributed by atoms with Gasteiger partial charge in [0.1, 0.15) is 0 Å². The molecule has 0 bridgehead atoms. The van der Waals surface area contributed by atoms with Gasteiger partial charge in [-0.25, -0.2) is 0 Å². The highest BCUT2D eigenvalue weighted by Crippen LogP contribution is 2.03. The van der Waals surface area contributed by atoms with Crippen molar-refractivity contribution >= 4 is 5.97 Å². The van der Waals surface area contributed by atoms with Crippen molar-refractivity contribution < 1.29 is 19.4 Å². The molecule has 0 aliphatic rings. The summed E-state index contributed by atoms with van der Waals surface area (Å²) in [5.74, 6) is -0.233. The molecule has 0 saturated carbocycles. The topological polar surface area (TPSA) is 55.8 Å². The van der Waals surface area contributed by atoms with Crippen LogP contribution in [0.15, 0.2) is 30.3 Å². The first-order chi connectivity index (χ1) is 8.72. The lowest BCUT2D eigenvalue weighted by atomic mass is 10.1. The van der Waals surface area contributed by atoms with E-state index in [-0.39, 0.29) is 12.6 Å². The van der Waals surface area contributed by atoms with E-state index in [1.165, 1.54) is 7.11 Å². The molecule has 0 spiro atoms. The lowest BCUT2D eigenvalue weighted by Crippen LogP contribution is -2.18. The van der Waals surface area contributed by atoms with E-state index in [1.54, 1.807) is 0 Å².